The zero-order valence-electron chi connectivity index (χ0n) is 12.8. The van der Waals surface area contributed by atoms with E-state index in [1.807, 2.05) is 0 Å². The molecule has 2 heterocycles. The standard InChI is InChI=1S/C14H12F3N5O2S/c1-7(25-13-18-6-19-21-13)12(24)22-5-11(23)20-9-4-8(14(15,16)17)2-3-10(9)22/h2-4,6-7H,5H2,1H3,(H,20,23)(H,18,19,21)/t7-/m0/s1. The molecule has 1 aliphatic rings. The third-order valence-electron chi connectivity index (χ3n) is 3.49. The predicted octanol–water partition coefficient (Wildman–Crippen LogP) is 2.29. The summed E-state index contributed by atoms with van der Waals surface area (Å²) >= 11 is 1.10. The average Bonchev–Trinajstić information content (AvgIpc) is 3.04. The molecule has 1 aromatic heterocycles. The minimum Gasteiger partial charge on any atom is -0.323 e. The van der Waals surface area contributed by atoms with E-state index in [9.17, 15) is 22.8 Å². The molecular weight excluding hydrogens is 359 g/mol. The molecule has 25 heavy (non-hydrogen) atoms. The first kappa shape index (κ1) is 17.3. The largest absolute Gasteiger partial charge is 0.416 e. The second kappa shape index (κ2) is 6.39. The van der Waals surface area contributed by atoms with Crippen LogP contribution in [0, 0.1) is 0 Å². The molecule has 2 N–H and O–H groups in total. The van der Waals surface area contributed by atoms with E-state index in [0.717, 1.165) is 23.9 Å². The first-order chi connectivity index (χ1) is 11.8. The number of thioether (sulfide) groups is 1. The molecule has 0 aliphatic carbocycles. The Kier molecular flexibility index (Phi) is 4.41. The van der Waals surface area contributed by atoms with Crippen molar-refractivity contribution in [3.05, 3.63) is 30.1 Å². The van der Waals surface area contributed by atoms with Gasteiger partial charge in [-0.1, -0.05) is 11.8 Å². The van der Waals surface area contributed by atoms with E-state index in [1.165, 1.54) is 17.3 Å². The molecule has 1 aromatic carbocycles. The lowest BCUT2D eigenvalue weighted by Gasteiger charge is -2.31. The molecule has 132 valence electrons. The van der Waals surface area contributed by atoms with Gasteiger partial charge in [0.15, 0.2) is 5.16 Å². The van der Waals surface area contributed by atoms with Gasteiger partial charge in [-0.05, 0) is 25.1 Å². The summed E-state index contributed by atoms with van der Waals surface area (Å²) in [5.74, 6) is -0.978. The van der Waals surface area contributed by atoms with Crippen molar-refractivity contribution in [3.8, 4) is 0 Å². The Balaban J connectivity index is 1.88. The highest BCUT2D eigenvalue weighted by atomic mass is 32.2. The molecule has 3 rings (SSSR count). The quantitative estimate of drug-likeness (QED) is 0.808. The lowest BCUT2D eigenvalue weighted by atomic mass is 10.1. The number of rotatable bonds is 3. The second-order valence-electron chi connectivity index (χ2n) is 5.25. The molecule has 0 saturated carbocycles. The van der Waals surface area contributed by atoms with Gasteiger partial charge in [0.05, 0.1) is 22.2 Å². The summed E-state index contributed by atoms with van der Waals surface area (Å²) in [4.78, 5) is 29.5. The number of carbonyl (C=O) groups is 2. The molecule has 0 saturated heterocycles. The summed E-state index contributed by atoms with van der Waals surface area (Å²) in [6.07, 6.45) is -3.25. The molecular formula is C14H12F3N5O2S. The van der Waals surface area contributed by atoms with Crippen LogP contribution in [0.3, 0.4) is 0 Å². The number of aromatic amines is 1. The van der Waals surface area contributed by atoms with Crippen LogP contribution in [0.4, 0.5) is 24.5 Å². The van der Waals surface area contributed by atoms with Gasteiger partial charge in [0.2, 0.25) is 11.8 Å². The number of aromatic nitrogens is 3. The number of hydrogen-bond donors (Lipinski definition) is 2. The summed E-state index contributed by atoms with van der Waals surface area (Å²) in [5, 5.41) is 8.46. The number of halogens is 3. The van der Waals surface area contributed by atoms with Gasteiger partial charge in [-0.2, -0.15) is 18.3 Å². The smallest absolute Gasteiger partial charge is 0.323 e. The van der Waals surface area contributed by atoms with E-state index < -0.39 is 28.8 Å². The van der Waals surface area contributed by atoms with Crippen LogP contribution in [-0.4, -0.2) is 38.8 Å². The van der Waals surface area contributed by atoms with E-state index in [1.54, 1.807) is 6.92 Å². The summed E-state index contributed by atoms with van der Waals surface area (Å²) in [6, 6.07) is 2.88. The minimum absolute atomic E-state index is 0.0451. The fourth-order valence-electron chi connectivity index (χ4n) is 2.35. The van der Waals surface area contributed by atoms with E-state index in [2.05, 4.69) is 20.5 Å². The van der Waals surface area contributed by atoms with E-state index in [0.29, 0.717) is 5.16 Å². The molecule has 11 heteroatoms. The van der Waals surface area contributed by atoms with E-state index in [-0.39, 0.29) is 17.9 Å². The highest BCUT2D eigenvalue weighted by Crippen LogP contribution is 2.37. The van der Waals surface area contributed by atoms with Crippen molar-refractivity contribution in [2.45, 2.75) is 23.5 Å². The SMILES string of the molecule is C[C@H](Sc1ncn[nH]1)C(=O)N1CC(=O)Nc2cc(C(F)(F)F)ccc21. The maximum absolute atomic E-state index is 12.8. The molecule has 0 bridgehead atoms. The predicted molar refractivity (Wildman–Crippen MR) is 84.1 cm³/mol. The number of anilines is 2. The van der Waals surface area contributed by atoms with Gasteiger partial charge in [-0.15, -0.1) is 0 Å². The summed E-state index contributed by atoms with van der Waals surface area (Å²) in [7, 11) is 0. The summed E-state index contributed by atoms with van der Waals surface area (Å²) in [5.41, 5.74) is -0.719. The zero-order valence-corrected chi connectivity index (χ0v) is 13.6. The molecule has 1 aliphatic heterocycles. The van der Waals surface area contributed by atoms with Gasteiger partial charge in [0, 0.05) is 0 Å². The third-order valence-corrected chi connectivity index (χ3v) is 4.46. The van der Waals surface area contributed by atoms with Crippen molar-refractivity contribution in [2.75, 3.05) is 16.8 Å². The average molecular weight is 371 g/mol. The number of nitrogens with zero attached hydrogens (tertiary/aromatic N) is 3. The van der Waals surface area contributed by atoms with Gasteiger partial charge < -0.3 is 5.32 Å². The van der Waals surface area contributed by atoms with Gasteiger partial charge in [0.1, 0.15) is 12.9 Å². The van der Waals surface area contributed by atoms with Crippen LogP contribution in [0.15, 0.2) is 29.7 Å². The van der Waals surface area contributed by atoms with Crippen molar-refractivity contribution < 1.29 is 22.8 Å². The number of alkyl halides is 3. The van der Waals surface area contributed by atoms with Crippen molar-refractivity contribution in [1.29, 1.82) is 0 Å². The second-order valence-corrected chi connectivity index (χ2v) is 6.58. The Labute approximate surface area is 144 Å². The summed E-state index contributed by atoms with van der Waals surface area (Å²) < 4.78 is 38.5. The van der Waals surface area contributed by atoms with Crippen LogP contribution in [0.1, 0.15) is 12.5 Å². The van der Waals surface area contributed by atoms with Crippen LogP contribution in [0.5, 0.6) is 0 Å². The van der Waals surface area contributed by atoms with Crippen molar-refractivity contribution >= 4 is 35.0 Å². The third kappa shape index (κ3) is 3.60. The van der Waals surface area contributed by atoms with E-state index >= 15 is 0 Å². The number of H-pyrrole nitrogens is 1. The normalized spacial score (nSPS) is 15.5. The molecule has 0 fully saturated rings. The Morgan fingerprint density at radius 2 is 2.16 bits per heavy atom. The Hall–Kier alpha value is -2.56. The molecule has 2 aromatic rings. The van der Waals surface area contributed by atoms with Crippen molar-refractivity contribution in [3.63, 3.8) is 0 Å². The summed E-state index contributed by atoms with van der Waals surface area (Å²) in [6.45, 7) is 1.35. The Morgan fingerprint density at radius 1 is 1.40 bits per heavy atom. The van der Waals surface area contributed by atoms with Crippen LogP contribution in [0.25, 0.3) is 0 Å². The van der Waals surface area contributed by atoms with Gasteiger partial charge in [-0.25, -0.2) is 4.98 Å². The number of nitrogens with one attached hydrogen (secondary N) is 2. The minimum atomic E-state index is -4.54. The molecule has 7 nitrogen and oxygen atoms in total. The van der Waals surface area contributed by atoms with Gasteiger partial charge in [-0.3, -0.25) is 19.6 Å². The fourth-order valence-corrected chi connectivity index (χ4v) is 3.13. The maximum Gasteiger partial charge on any atom is 0.416 e. The van der Waals surface area contributed by atoms with E-state index in [4.69, 9.17) is 0 Å². The highest BCUT2D eigenvalue weighted by molar-refractivity contribution is 8.00. The highest BCUT2D eigenvalue weighted by Gasteiger charge is 2.35. The Morgan fingerprint density at radius 3 is 2.80 bits per heavy atom. The molecule has 0 spiro atoms. The number of hydrogen-bond acceptors (Lipinski definition) is 5. The lowest BCUT2D eigenvalue weighted by Crippen LogP contribution is -2.45. The zero-order chi connectivity index (χ0) is 18.2. The lowest BCUT2D eigenvalue weighted by molar-refractivity contribution is -0.137. The molecule has 0 unspecified atom stereocenters. The number of benzene rings is 1. The number of amides is 2. The number of fused-ring (bicyclic) bond motifs is 1. The van der Waals surface area contributed by atoms with Crippen molar-refractivity contribution in [2.24, 2.45) is 0 Å². The van der Waals surface area contributed by atoms with Crippen LogP contribution in [-0.2, 0) is 15.8 Å². The van der Waals surface area contributed by atoms with Crippen LogP contribution < -0.4 is 10.2 Å². The van der Waals surface area contributed by atoms with Crippen molar-refractivity contribution in [1.82, 2.24) is 15.2 Å². The molecule has 1 atom stereocenters. The first-order valence-corrected chi connectivity index (χ1v) is 7.98. The van der Waals surface area contributed by atoms with Gasteiger partial charge >= 0.3 is 6.18 Å². The Bertz CT molecular complexity index is 809. The van der Waals surface area contributed by atoms with Crippen LogP contribution >= 0.6 is 11.8 Å². The first-order valence-electron chi connectivity index (χ1n) is 7.10. The maximum atomic E-state index is 12.8. The molecule has 0 radical (unpaired) electrons. The van der Waals surface area contributed by atoms with Crippen LogP contribution in [0.2, 0.25) is 0 Å². The topological polar surface area (TPSA) is 91.0 Å². The van der Waals surface area contributed by atoms with Gasteiger partial charge in [0.25, 0.3) is 0 Å². The fraction of sp³-hybridized carbons (Fsp3) is 0.286. The molecule has 2 amide bonds. The monoisotopic (exact) mass is 371 g/mol. The number of carbonyl (C=O) groups excluding carboxylic acids is 2.